The SMILES string of the molecule is CC.CCOC.CCl.CNc1cc2cc(C(=O)N3CCc4c3cc(O)c3ccccc43)[nH]c2cn1.COCCC(C)(C)Oc1ccc(C=O)cc1. The number of anilines is 2. The number of nitrogens with zero attached hydrogens (tertiary/aromatic N) is 2. The molecule has 3 heterocycles. The Morgan fingerprint density at radius 3 is 2.27 bits per heavy atom. The van der Waals surface area contributed by atoms with E-state index < -0.39 is 0 Å². The molecule has 1 aliphatic heterocycles. The van der Waals surface area contributed by atoms with E-state index in [4.69, 9.17) is 9.47 Å². The first-order valence-corrected chi connectivity index (χ1v) is 17.7. The Morgan fingerprint density at radius 1 is 1.04 bits per heavy atom. The number of aromatic amines is 1. The molecule has 276 valence electrons. The predicted molar refractivity (Wildman–Crippen MR) is 210 cm³/mol. The molecular formula is C40H53ClN4O6. The Bertz CT molecular complexity index is 1800. The molecule has 11 heteroatoms. The van der Waals surface area contributed by atoms with Gasteiger partial charge in [-0.15, -0.1) is 11.6 Å². The first-order chi connectivity index (χ1) is 24.6. The van der Waals surface area contributed by atoms with Crippen LogP contribution in [0.25, 0.3) is 21.7 Å². The summed E-state index contributed by atoms with van der Waals surface area (Å²) in [5.41, 5.74) is 3.61. The molecule has 0 saturated heterocycles. The van der Waals surface area contributed by atoms with Crippen molar-refractivity contribution in [3.8, 4) is 11.5 Å². The van der Waals surface area contributed by atoms with Crippen LogP contribution in [0.5, 0.6) is 11.5 Å². The van der Waals surface area contributed by atoms with Gasteiger partial charge in [-0.25, -0.2) is 4.98 Å². The molecule has 0 radical (unpaired) electrons. The van der Waals surface area contributed by atoms with E-state index in [9.17, 15) is 14.7 Å². The Kier molecular flexibility index (Phi) is 18.0. The Labute approximate surface area is 307 Å². The molecule has 0 saturated carbocycles. The third-order valence-electron chi connectivity index (χ3n) is 7.83. The minimum atomic E-state index is -0.265. The van der Waals surface area contributed by atoms with Gasteiger partial charge in [-0.3, -0.25) is 9.59 Å². The number of H-pyrrole nitrogens is 1. The van der Waals surface area contributed by atoms with E-state index in [1.165, 1.54) is 6.38 Å². The van der Waals surface area contributed by atoms with Gasteiger partial charge in [0.2, 0.25) is 0 Å². The van der Waals surface area contributed by atoms with Crippen LogP contribution in [0, 0.1) is 0 Å². The van der Waals surface area contributed by atoms with Crippen LogP contribution in [0.2, 0.25) is 0 Å². The van der Waals surface area contributed by atoms with Crippen molar-refractivity contribution in [1.82, 2.24) is 9.97 Å². The van der Waals surface area contributed by atoms with Gasteiger partial charge in [0.1, 0.15) is 34.9 Å². The fourth-order valence-corrected chi connectivity index (χ4v) is 5.22. The average Bonchev–Trinajstić information content (AvgIpc) is 3.80. The smallest absolute Gasteiger partial charge is 0.274 e. The number of aldehydes is 1. The number of hydrogen-bond donors (Lipinski definition) is 3. The number of halogens is 1. The second kappa shape index (κ2) is 21.5. The molecule has 5 aromatic rings. The van der Waals surface area contributed by atoms with Crippen molar-refractivity contribution in [2.24, 2.45) is 0 Å². The summed E-state index contributed by atoms with van der Waals surface area (Å²) >= 11 is 4.64. The number of pyridine rings is 1. The lowest BCUT2D eigenvalue weighted by atomic mass is 10.0. The van der Waals surface area contributed by atoms with E-state index in [-0.39, 0.29) is 17.3 Å². The van der Waals surface area contributed by atoms with Gasteiger partial charge in [-0.2, -0.15) is 0 Å². The summed E-state index contributed by atoms with van der Waals surface area (Å²) in [4.78, 5) is 32.8. The monoisotopic (exact) mass is 720 g/mol. The van der Waals surface area contributed by atoms with Gasteiger partial charge in [0.05, 0.1) is 17.4 Å². The van der Waals surface area contributed by atoms with Gasteiger partial charge in [0.25, 0.3) is 5.91 Å². The molecule has 3 aromatic carbocycles. The van der Waals surface area contributed by atoms with Crippen LogP contribution < -0.4 is 15.0 Å². The van der Waals surface area contributed by atoms with E-state index in [1.54, 1.807) is 55.6 Å². The minimum Gasteiger partial charge on any atom is -0.507 e. The molecule has 2 aromatic heterocycles. The van der Waals surface area contributed by atoms with Gasteiger partial charge >= 0.3 is 0 Å². The fraction of sp³-hybridized carbons (Fsp3) is 0.375. The number of carbonyl (C=O) groups is 2. The molecule has 1 aliphatic rings. The Balaban J connectivity index is 0.000000321. The highest BCUT2D eigenvalue weighted by Crippen LogP contribution is 2.40. The first-order valence-electron chi connectivity index (χ1n) is 17.0. The van der Waals surface area contributed by atoms with Crippen molar-refractivity contribution in [3.63, 3.8) is 0 Å². The molecular weight excluding hydrogens is 668 g/mol. The van der Waals surface area contributed by atoms with Crippen LogP contribution in [0.4, 0.5) is 11.5 Å². The summed E-state index contributed by atoms with van der Waals surface area (Å²) in [5.74, 6) is 1.62. The molecule has 0 bridgehead atoms. The number of amides is 1. The molecule has 6 rings (SSSR count). The molecule has 0 spiro atoms. The van der Waals surface area contributed by atoms with Gasteiger partial charge in [0, 0.05) is 76.2 Å². The fourth-order valence-electron chi connectivity index (χ4n) is 5.22. The zero-order chi connectivity index (χ0) is 38.0. The summed E-state index contributed by atoms with van der Waals surface area (Å²) < 4.78 is 15.4. The lowest BCUT2D eigenvalue weighted by Gasteiger charge is -2.26. The molecule has 0 atom stereocenters. The lowest BCUT2D eigenvalue weighted by molar-refractivity contribution is 0.0630. The first kappa shape index (κ1) is 42.5. The van der Waals surface area contributed by atoms with Crippen LogP contribution in [-0.2, 0) is 15.9 Å². The average molecular weight is 721 g/mol. The van der Waals surface area contributed by atoms with Crippen LogP contribution >= 0.6 is 11.6 Å². The summed E-state index contributed by atoms with van der Waals surface area (Å²) in [5, 5.41) is 16.2. The number of fused-ring (bicyclic) bond motifs is 4. The number of phenolic OH excluding ortho intramolecular Hbond substituents is 1. The van der Waals surface area contributed by atoms with Crippen molar-refractivity contribution in [1.29, 1.82) is 0 Å². The van der Waals surface area contributed by atoms with Crippen molar-refractivity contribution in [3.05, 3.63) is 89.7 Å². The van der Waals surface area contributed by atoms with Crippen molar-refractivity contribution >= 4 is 57.0 Å². The number of benzene rings is 3. The summed E-state index contributed by atoms with van der Waals surface area (Å²) in [7, 11) is 5.17. The zero-order valence-electron chi connectivity index (χ0n) is 31.3. The molecule has 0 unspecified atom stereocenters. The molecule has 10 nitrogen and oxygen atoms in total. The van der Waals surface area contributed by atoms with E-state index in [2.05, 4.69) is 31.6 Å². The predicted octanol–water partition coefficient (Wildman–Crippen LogP) is 8.89. The minimum absolute atomic E-state index is 0.106. The summed E-state index contributed by atoms with van der Waals surface area (Å²) in [6, 6.07) is 20.3. The molecule has 3 N–H and O–H groups in total. The van der Waals surface area contributed by atoms with Crippen LogP contribution in [0.15, 0.2) is 72.9 Å². The highest BCUT2D eigenvalue weighted by atomic mass is 35.5. The molecule has 1 amide bonds. The number of rotatable bonds is 9. The molecule has 0 aliphatic carbocycles. The highest BCUT2D eigenvalue weighted by Gasteiger charge is 2.29. The van der Waals surface area contributed by atoms with Gasteiger partial charge in [-0.1, -0.05) is 38.1 Å². The highest BCUT2D eigenvalue weighted by molar-refractivity contribution is 6.15. The van der Waals surface area contributed by atoms with Gasteiger partial charge < -0.3 is 34.5 Å². The van der Waals surface area contributed by atoms with Crippen LogP contribution in [0.1, 0.15) is 67.4 Å². The molecule has 0 fully saturated rings. The van der Waals surface area contributed by atoms with Gasteiger partial charge in [0.15, 0.2) is 0 Å². The lowest BCUT2D eigenvalue weighted by Crippen LogP contribution is -2.29. The maximum atomic E-state index is 13.2. The van der Waals surface area contributed by atoms with E-state index in [0.29, 0.717) is 24.4 Å². The van der Waals surface area contributed by atoms with Crippen molar-refractivity contribution in [2.75, 3.05) is 57.6 Å². The van der Waals surface area contributed by atoms with Crippen LogP contribution in [-0.4, -0.2) is 80.3 Å². The van der Waals surface area contributed by atoms with Gasteiger partial charge in [-0.05, 0) is 74.5 Å². The van der Waals surface area contributed by atoms with E-state index in [0.717, 1.165) is 70.2 Å². The number of hydrogen-bond acceptors (Lipinski definition) is 8. The topological polar surface area (TPSA) is 126 Å². The number of alkyl halides is 1. The van der Waals surface area contributed by atoms with E-state index in [1.807, 2.05) is 78.1 Å². The molecule has 51 heavy (non-hydrogen) atoms. The second-order valence-electron chi connectivity index (χ2n) is 11.6. The Morgan fingerprint density at radius 2 is 1.69 bits per heavy atom. The quantitative estimate of drug-likeness (QED) is 0.102. The zero-order valence-corrected chi connectivity index (χ0v) is 32.1. The third-order valence-corrected chi connectivity index (χ3v) is 7.83. The van der Waals surface area contributed by atoms with Crippen molar-refractivity contribution in [2.45, 2.75) is 53.1 Å². The van der Waals surface area contributed by atoms with Crippen molar-refractivity contribution < 1.29 is 28.9 Å². The number of methoxy groups -OCH3 is 2. The number of carbonyl (C=O) groups excluding carboxylic acids is 2. The maximum Gasteiger partial charge on any atom is 0.274 e. The normalized spacial score (nSPS) is 11.4. The number of nitrogens with one attached hydrogen (secondary N) is 2. The maximum absolute atomic E-state index is 13.2. The van der Waals surface area contributed by atoms with Crippen LogP contribution in [0.3, 0.4) is 0 Å². The number of ether oxygens (including phenoxy) is 3. The number of phenols is 1. The second-order valence-corrected chi connectivity index (χ2v) is 11.6. The number of aromatic hydroxyl groups is 1. The summed E-state index contributed by atoms with van der Waals surface area (Å²) in [6.45, 7) is 12.1. The van der Waals surface area contributed by atoms with E-state index >= 15 is 0 Å². The largest absolute Gasteiger partial charge is 0.507 e. The number of aromatic nitrogens is 2. The summed E-state index contributed by atoms with van der Waals surface area (Å²) in [6.07, 6.45) is 5.60. The Hall–Kier alpha value is -4.64. The standard InChI is InChI=1S/C21H18N4O2.C13H18O3.C3H8O.C2H6.CH3Cl/c1-22-20-9-12-8-16(24-17(12)11-23-20)21(27)25-7-6-14-13-4-2-3-5-15(13)19(26)10-18(14)25;1-13(2,8-9-15-3)16-12-6-4-11(10-14)5-7-12;1-3-4-2;2*1-2/h2-5,8-11,24,26H,6-7H2,1H3,(H,22,23);4-7,10H,8-9H2,1-3H3;3H2,1-2H3;1-2H3;1H3. The third kappa shape index (κ3) is 11.7.